The molecule has 3 aliphatic rings. The van der Waals surface area contributed by atoms with E-state index in [4.69, 9.17) is 0 Å². The summed E-state index contributed by atoms with van der Waals surface area (Å²) in [6.45, 7) is 1.71. The lowest BCUT2D eigenvalue weighted by Gasteiger charge is -2.35. The lowest BCUT2D eigenvalue weighted by Crippen LogP contribution is -2.54. The van der Waals surface area contributed by atoms with Crippen LogP contribution in [0, 0.1) is 5.92 Å². The van der Waals surface area contributed by atoms with E-state index < -0.39 is 12.3 Å². The number of rotatable bonds is 5. The predicted octanol–water partition coefficient (Wildman–Crippen LogP) is 2.55. The first-order chi connectivity index (χ1) is 14.8. The van der Waals surface area contributed by atoms with E-state index in [0.717, 1.165) is 44.2 Å². The Labute approximate surface area is 178 Å². The summed E-state index contributed by atoms with van der Waals surface area (Å²) in [6.07, 6.45) is 1.18. The number of ether oxygens (including phenoxy) is 1. The number of piperidine rings is 1. The fourth-order valence-corrected chi connectivity index (χ4v) is 4.95. The van der Waals surface area contributed by atoms with Crippen molar-refractivity contribution in [1.29, 1.82) is 0 Å². The number of Topliss-reactive ketones (excluding diaryl/α,β-unsaturated/α-hetero) is 1. The van der Waals surface area contributed by atoms with Crippen molar-refractivity contribution in [2.24, 2.45) is 5.92 Å². The van der Waals surface area contributed by atoms with Crippen molar-refractivity contribution in [2.45, 2.75) is 49.9 Å². The standard InChI is InChI=1S/C22H26F3N3O3/c23-22(24,25)31-15-5-3-14(4-6-15)21(8-1-2-9-21)13-28-20(30)17-12-27-18-7-10-26-11-16(18)19(17)29/h3-6,12,16,18,26-27H,1-2,7-11,13H2,(H,28,30). The van der Waals surface area contributed by atoms with Gasteiger partial charge in [-0.05, 0) is 43.5 Å². The minimum absolute atomic E-state index is 0.0592. The fraction of sp³-hybridized carbons (Fsp3) is 0.545. The van der Waals surface area contributed by atoms with Crippen molar-refractivity contribution in [3.05, 3.63) is 41.6 Å². The monoisotopic (exact) mass is 437 g/mol. The van der Waals surface area contributed by atoms with E-state index in [9.17, 15) is 22.8 Å². The number of hydrogen-bond acceptors (Lipinski definition) is 5. The quantitative estimate of drug-likeness (QED) is 0.617. The molecular weight excluding hydrogens is 411 g/mol. The molecule has 6 nitrogen and oxygen atoms in total. The molecule has 1 aromatic carbocycles. The van der Waals surface area contributed by atoms with Gasteiger partial charge in [-0.3, -0.25) is 9.59 Å². The van der Waals surface area contributed by atoms with Gasteiger partial charge in [0.15, 0.2) is 5.78 Å². The average molecular weight is 437 g/mol. The summed E-state index contributed by atoms with van der Waals surface area (Å²) in [7, 11) is 0. The molecule has 0 bridgehead atoms. The van der Waals surface area contributed by atoms with Crippen LogP contribution in [0.4, 0.5) is 13.2 Å². The Kier molecular flexibility index (Phi) is 5.96. The molecule has 1 aliphatic carbocycles. The highest BCUT2D eigenvalue weighted by molar-refractivity contribution is 6.20. The molecule has 2 atom stereocenters. The number of benzene rings is 1. The zero-order valence-electron chi connectivity index (χ0n) is 17.1. The normalized spacial score (nSPS) is 25.3. The van der Waals surface area contributed by atoms with Crippen molar-refractivity contribution in [1.82, 2.24) is 16.0 Å². The van der Waals surface area contributed by atoms with Gasteiger partial charge in [-0.1, -0.05) is 25.0 Å². The molecule has 4 rings (SSSR count). The topological polar surface area (TPSA) is 79.5 Å². The van der Waals surface area contributed by atoms with Gasteiger partial charge in [-0.25, -0.2) is 0 Å². The Morgan fingerprint density at radius 3 is 2.58 bits per heavy atom. The molecule has 0 spiro atoms. The van der Waals surface area contributed by atoms with Crippen molar-refractivity contribution in [3.8, 4) is 5.75 Å². The second kappa shape index (κ2) is 8.53. The Balaban J connectivity index is 1.44. The van der Waals surface area contributed by atoms with Gasteiger partial charge in [0, 0.05) is 30.7 Å². The zero-order chi connectivity index (χ0) is 22.1. The molecule has 1 amide bonds. The molecule has 0 radical (unpaired) electrons. The van der Waals surface area contributed by atoms with Crippen LogP contribution in [0.5, 0.6) is 5.75 Å². The minimum atomic E-state index is -4.73. The maximum absolute atomic E-state index is 12.8. The summed E-state index contributed by atoms with van der Waals surface area (Å²) >= 11 is 0. The van der Waals surface area contributed by atoms with E-state index >= 15 is 0 Å². The molecule has 168 valence electrons. The van der Waals surface area contributed by atoms with Gasteiger partial charge in [-0.2, -0.15) is 0 Å². The van der Waals surface area contributed by atoms with Crippen molar-refractivity contribution < 1.29 is 27.5 Å². The number of amides is 1. The van der Waals surface area contributed by atoms with Gasteiger partial charge in [0.25, 0.3) is 5.91 Å². The largest absolute Gasteiger partial charge is 0.573 e. The van der Waals surface area contributed by atoms with Gasteiger partial charge in [0.2, 0.25) is 0 Å². The molecule has 1 saturated carbocycles. The van der Waals surface area contributed by atoms with E-state index in [2.05, 4.69) is 20.7 Å². The molecule has 2 fully saturated rings. The zero-order valence-corrected chi connectivity index (χ0v) is 17.1. The first kappa shape index (κ1) is 21.7. The second-order valence-electron chi connectivity index (χ2n) is 8.54. The molecule has 1 aromatic rings. The first-order valence-electron chi connectivity index (χ1n) is 10.6. The second-order valence-corrected chi connectivity index (χ2v) is 8.54. The molecule has 2 unspecified atom stereocenters. The van der Waals surface area contributed by atoms with E-state index in [-0.39, 0.29) is 34.5 Å². The van der Waals surface area contributed by atoms with Crippen LogP contribution in [-0.4, -0.2) is 43.7 Å². The molecule has 3 N–H and O–H groups in total. The Hall–Kier alpha value is -2.55. The van der Waals surface area contributed by atoms with Gasteiger partial charge in [0.1, 0.15) is 5.75 Å². The summed E-state index contributed by atoms with van der Waals surface area (Å²) in [5.41, 5.74) is 0.623. The highest BCUT2D eigenvalue weighted by atomic mass is 19.4. The summed E-state index contributed by atoms with van der Waals surface area (Å²) in [4.78, 5) is 25.6. The van der Waals surface area contributed by atoms with Crippen LogP contribution in [0.1, 0.15) is 37.7 Å². The molecular formula is C22H26F3N3O3. The average Bonchev–Trinajstić information content (AvgIpc) is 3.22. The van der Waals surface area contributed by atoms with Gasteiger partial charge in [-0.15, -0.1) is 13.2 Å². The smallest absolute Gasteiger partial charge is 0.406 e. The molecule has 1 saturated heterocycles. The molecule has 2 heterocycles. The van der Waals surface area contributed by atoms with Gasteiger partial charge in [0.05, 0.1) is 11.5 Å². The maximum Gasteiger partial charge on any atom is 0.573 e. The number of carbonyl (C=O) groups excluding carboxylic acids is 2. The molecule has 9 heteroatoms. The number of hydrogen-bond donors (Lipinski definition) is 3. The predicted molar refractivity (Wildman–Crippen MR) is 107 cm³/mol. The summed E-state index contributed by atoms with van der Waals surface area (Å²) in [6, 6.07) is 5.92. The van der Waals surface area contributed by atoms with E-state index in [1.54, 1.807) is 12.1 Å². The van der Waals surface area contributed by atoms with Crippen LogP contribution in [0.3, 0.4) is 0 Å². The number of alkyl halides is 3. The Morgan fingerprint density at radius 2 is 1.90 bits per heavy atom. The number of fused-ring (bicyclic) bond motifs is 1. The lowest BCUT2D eigenvalue weighted by atomic mass is 9.78. The fourth-order valence-electron chi connectivity index (χ4n) is 4.95. The minimum Gasteiger partial charge on any atom is -0.406 e. The van der Waals surface area contributed by atoms with Crippen LogP contribution >= 0.6 is 0 Å². The summed E-state index contributed by atoms with van der Waals surface area (Å²) in [5.74, 6) is -1.08. The van der Waals surface area contributed by atoms with Crippen molar-refractivity contribution >= 4 is 11.7 Å². The third-order valence-electron chi connectivity index (χ3n) is 6.62. The van der Waals surface area contributed by atoms with Crippen LogP contribution in [0.25, 0.3) is 0 Å². The third-order valence-corrected chi connectivity index (χ3v) is 6.62. The van der Waals surface area contributed by atoms with Crippen LogP contribution in [0.2, 0.25) is 0 Å². The first-order valence-corrected chi connectivity index (χ1v) is 10.6. The summed E-state index contributed by atoms with van der Waals surface area (Å²) in [5, 5.41) is 9.30. The molecule has 2 aliphatic heterocycles. The summed E-state index contributed by atoms with van der Waals surface area (Å²) < 4.78 is 41.2. The van der Waals surface area contributed by atoms with Gasteiger partial charge < -0.3 is 20.7 Å². The number of halogens is 3. The van der Waals surface area contributed by atoms with E-state index in [1.807, 2.05) is 0 Å². The van der Waals surface area contributed by atoms with Gasteiger partial charge >= 0.3 is 6.36 Å². The van der Waals surface area contributed by atoms with Crippen molar-refractivity contribution in [3.63, 3.8) is 0 Å². The van der Waals surface area contributed by atoms with E-state index in [0.29, 0.717) is 13.1 Å². The highest BCUT2D eigenvalue weighted by Crippen LogP contribution is 2.41. The third kappa shape index (κ3) is 4.71. The number of ketones is 1. The lowest BCUT2D eigenvalue weighted by molar-refractivity contribution is -0.274. The Morgan fingerprint density at radius 1 is 1.19 bits per heavy atom. The maximum atomic E-state index is 12.8. The number of carbonyl (C=O) groups is 2. The number of nitrogens with one attached hydrogen (secondary N) is 3. The van der Waals surface area contributed by atoms with Crippen molar-refractivity contribution in [2.75, 3.05) is 19.6 Å². The van der Waals surface area contributed by atoms with Crippen LogP contribution in [-0.2, 0) is 15.0 Å². The SMILES string of the molecule is O=C(NCC1(c2ccc(OC(F)(F)F)cc2)CCCC1)C1=CNC2CCNCC2C1=O. The molecule has 31 heavy (non-hydrogen) atoms. The highest BCUT2D eigenvalue weighted by Gasteiger charge is 2.40. The van der Waals surface area contributed by atoms with Crippen LogP contribution < -0.4 is 20.7 Å². The Bertz CT molecular complexity index is 861. The van der Waals surface area contributed by atoms with E-state index in [1.165, 1.54) is 18.3 Å². The van der Waals surface area contributed by atoms with Crippen LogP contribution in [0.15, 0.2) is 36.0 Å². The molecule has 0 aromatic heterocycles.